The summed E-state index contributed by atoms with van der Waals surface area (Å²) in [5.41, 5.74) is 1.10. The molecule has 1 aliphatic rings. The third-order valence-electron chi connectivity index (χ3n) is 4.21. The summed E-state index contributed by atoms with van der Waals surface area (Å²) in [5.74, 6) is -0.164. The fraction of sp³-hybridized carbons (Fsp3) is 0.316. The zero-order valence-electron chi connectivity index (χ0n) is 14.5. The predicted octanol–water partition coefficient (Wildman–Crippen LogP) is 2.22. The fourth-order valence-electron chi connectivity index (χ4n) is 2.74. The van der Waals surface area contributed by atoms with Crippen LogP contribution in [-0.2, 0) is 20.9 Å². The van der Waals surface area contributed by atoms with Crippen molar-refractivity contribution in [1.29, 1.82) is 0 Å². The third kappa shape index (κ3) is 4.11. The highest BCUT2D eigenvalue weighted by molar-refractivity contribution is 5.96. The molecule has 0 spiro atoms. The van der Waals surface area contributed by atoms with Crippen LogP contribution >= 0.6 is 0 Å². The number of carbonyl (C=O) groups is 3. The van der Waals surface area contributed by atoms with Crippen molar-refractivity contribution in [1.82, 2.24) is 4.90 Å². The van der Waals surface area contributed by atoms with Gasteiger partial charge in [0.05, 0.1) is 18.4 Å². The number of furan rings is 1. The molecule has 26 heavy (non-hydrogen) atoms. The van der Waals surface area contributed by atoms with Crippen molar-refractivity contribution in [3.05, 3.63) is 54.0 Å². The number of esters is 1. The lowest BCUT2D eigenvalue weighted by Crippen LogP contribution is -2.30. The van der Waals surface area contributed by atoms with E-state index in [4.69, 9.17) is 9.15 Å². The Hall–Kier alpha value is -3.09. The molecular formula is C19H20N2O5. The lowest BCUT2D eigenvalue weighted by molar-refractivity contribution is -0.134. The number of ether oxygens (including phenoxy) is 1. The molecule has 0 N–H and O–H groups in total. The molecule has 1 fully saturated rings. The number of likely N-dealkylation sites (N-methyl/N-ethyl adjacent to an activating group) is 1. The zero-order chi connectivity index (χ0) is 18.5. The Balaban J connectivity index is 1.51. The lowest BCUT2D eigenvalue weighted by atomic mass is 10.2. The van der Waals surface area contributed by atoms with E-state index in [-0.39, 0.29) is 18.4 Å². The van der Waals surface area contributed by atoms with E-state index in [9.17, 15) is 14.4 Å². The van der Waals surface area contributed by atoms with Crippen LogP contribution in [0.2, 0.25) is 0 Å². The highest BCUT2D eigenvalue weighted by Gasteiger charge is 2.22. The Morgan fingerprint density at radius 3 is 2.62 bits per heavy atom. The van der Waals surface area contributed by atoms with Gasteiger partial charge >= 0.3 is 5.97 Å². The maximum absolute atomic E-state index is 12.1. The molecule has 2 amide bonds. The van der Waals surface area contributed by atoms with Crippen LogP contribution in [-0.4, -0.2) is 42.9 Å². The molecule has 1 saturated heterocycles. The van der Waals surface area contributed by atoms with E-state index in [0.29, 0.717) is 30.8 Å². The standard InChI is InChI=1S/C19H20N2O5/c1-20(12-16-4-3-11-25-16)18(23)13-26-19(24)14-6-8-15(9-7-14)21-10-2-5-17(21)22/h3-4,6-9,11H,2,5,10,12-13H2,1H3. The minimum atomic E-state index is -0.580. The number of carbonyl (C=O) groups excluding carboxylic acids is 3. The van der Waals surface area contributed by atoms with Gasteiger partial charge in [-0.15, -0.1) is 0 Å². The van der Waals surface area contributed by atoms with E-state index in [0.717, 1.165) is 12.1 Å². The average molecular weight is 356 g/mol. The topological polar surface area (TPSA) is 80.1 Å². The summed E-state index contributed by atoms with van der Waals surface area (Å²) in [4.78, 5) is 39.0. The molecular weight excluding hydrogens is 336 g/mol. The SMILES string of the molecule is CN(Cc1ccco1)C(=O)COC(=O)c1ccc(N2CCCC2=O)cc1. The quantitative estimate of drug-likeness (QED) is 0.742. The molecule has 0 saturated carbocycles. The van der Waals surface area contributed by atoms with Crippen molar-refractivity contribution in [2.75, 3.05) is 25.1 Å². The van der Waals surface area contributed by atoms with Gasteiger partial charge in [-0.3, -0.25) is 9.59 Å². The van der Waals surface area contributed by atoms with E-state index in [1.165, 1.54) is 11.2 Å². The van der Waals surface area contributed by atoms with Crippen LogP contribution in [0.25, 0.3) is 0 Å². The monoisotopic (exact) mass is 356 g/mol. The van der Waals surface area contributed by atoms with Gasteiger partial charge in [-0.25, -0.2) is 4.79 Å². The van der Waals surface area contributed by atoms with E-state index in [2.05, 4.69) is 0 Å². The summed E-state index contributed by atoms with van der Waals surface area (Å²) in [5, 5.41) is 0. The minimum absolute atomic E-state index is 0.0884. The lowest BCUT2D eigenvalue weighted by Gasteiger charge is -2.16. The highest BCUT2D eigenvalue weighted by atomic mass is 16.5. The van der Waals surface area contributed by atoms with Gasteiger partial charge in [0.25, 0.3) is 5.91 Å². The maximum Gasteiger partial charge on any atom is 0.338 e. The second-order valence-corrected chi connectivity index (χ2v) is 6.10. The van der Waals surface area contributed by atoms with Crippen LogP contribution in [0, 0.1) is 0 Å². The molecule has 1 aromatic carbocycles. The van der Waals surface area contributed by atoms with E-state index >= 15 is 0 Å². The number of anilines is 1. The fourth-order valence-corrected chi connectivity index (χ4v) is 2.74. The van der Waals surface area contributed by atoms with E-state index in [1.54, 1.807) is 48.3 Å². The summed E-state index contributed by atoms with van der Waals surface area (Å²) < 4.78 is 10.3. The predicted molar refractivity (Wildman–Crippen MR) is 93.5 cm³/mol. The normalized spacial score (nSPS) is 13.7. The molecule has 7 nitrogen and oxygen atoms in total. The Kier molecular flexibility index (Phi) is 5.36. The van der Waals surface area contributed by atoms with Crippen molar-refractivity contribution in [2.45, 2.75) is 19.4 Å². The van der Waals surface area contributed by atoms with E-state index in [1.807, 2.05) is 0 Å². The Morgan fingerprint density at radius 2 is 2.00 bits per heavy atom. The van der Waals surface area contributed by atoms with Crippen molar-refractivity contribution >= 4 is 23.5 Å². The number of hydrogen-bond donors (Lipinski definition) is 0. The molecule has 1 aliphatic heterocycles. The van der Waals surface area contributed by atoms with Crippen LogP contribution < -0.4 is 4.90 Å². The molecule has 136 valence electrons. The van der Waals surface area contributed by atoms with Crippen molar-refractivity contribution < 1.29 is 23.5 Å². The Labute approximate surface area is 151 Å². The molecule has 0 radical (unpaired) electrons. The van der Waals surface area contributed by atoms with Gasteiger partial charge in [-0.05, 0) is 42.8 Å². The van der Waals surface area contributed by atoms with Crippen LogP contribution in [0.5, 0.6) is 0 Å². The first-order valence-electron chi connectivity index (χ1n) is 8.38. The number of rotatable bonds is 6. The zero-order valence-corrected chi connectivity index (χ0v) is 14.5. The average Bonchev–Trinajstić information content (AvgIpc) is 3.31. The first-order valence-corrected chi connectivity index (χ1v) is 8.38. The second kappa shape index (κ2) is 7.86. The van der Waals surface area contributed by atoms with Gasteiger partial charge in [-0.2, -0.15) is 0 Å². The third-order valence-corrected chi connectivity index (χ3v) is 4.21. The van der Waals surface area contributed by atoms with Crippen LogP contribution in [0.1, 0.15) is 29.0 Å². The summed E-state index contributed by atoms with van der Waals surface area (Å²) in [6, 6.07) is 10.1. The molecule has 0 aliphatic carbocycles. The number of benzene rings is 1. The number of nitrogens with zero attached hydrogens (tertiary/aromatic N) is 2. The van der Waals surface area contributed by atoms with Gasteiger partial charge < -0.3 is 19.0 Å². The number of hydrogen-bond acceptors (Lipinski definition) is 5. The molecule has 0 atom stereocenters. The molecule has 1 aromatic heterocycles. The Bertz CT molecular complexity index is 783. The molecule has 0 unspecified atom stereocenters. The molecule has 0 bridgehead atoms. The van der Waals surface area contributed by atoms with Gasteiger partial charge in [0, 0.05) is 25.7 Å². The first-order chi connectivity index (χ1) is 12.5. The van der Waals surface area contributed by atoms with Crippen molar-refractivity contribution in [2.24, 2.45) is 0 Å². The number of amides is 2. The summed E-state index contributed by atoms with van der Waals surface area (Å²) in [6.07, 6.45) is 2.93. The highest BCUT2D eigenvalue weighted by Crippen LogP contribution is 2.21. The van der Waals surface area contributed by atoms with Gasteiger partial charge in [-0.1, -0.05) is 0 Å². The van der Waals surface area contributed by atoms with Crippen LogP contribution in [0.15, 0.2) is 47.1 Å². The summed E-state index contributed by atoms with van der Waals surface area (Å²) in [6.45, 7) is 0.656. The first kappa shape index (κ1) is 17.7. The van der Waals surface area contributed by atoms with Crippen molar-refractivity contribution in [3.8, 4) is 0 Å². The van der Waals surface area contributed by atoms with Gasteiger partial charge in [0.2, 0.25) is 5.91 Å². The minimum Gasteiger partial charge on any atom is -0.467 e. The summed E-state index contributed by atoms with van der Waals surface area (Å²) >= 11 is 0. The van der Waals surface area contributed by atoms with Crippen LogP contribution in [0.4, 0.5) is 5.69 Å². The largest absolute Gasteiger partial charge is 0.467 e. The Morgan fingerprint density at radius 1 is 1.23 bits per heavy atom. The van der Waals surface area contributed by atoms with Crippen LogP contribution in [0.3, 0.4) is 0 Å². The molecule has 2 aromatic rings. The molecule has 7 heteroatoms. The van der Waals surface area contributed by atoms with Crippen molar-refractivity contribution in [3.63, 3.8) is 0 Å². The molecule has 2 heterocycles. The smallest absolute Gasteiger partial charge is 0.338 e. The second-order valence-electron chi connectivity index (χ2n) is 6.10. The maximum atomic E-state index is 12.1. The summed E-state index contributed by atoms with van der Waals surface area (Å²) in [7, 11) is 1.61. The van der Waals surface area contributed by atoms with E-state index < -0.39 is 5.97 Å². The van der Waals surface area contributed by atoms with Gasteiger partial charge in [0.15, 0.2) is 6.61 Å². The molecule has 3 rings (SSSR count). The van der Waals surface area contributed by atoms with Gasteiger partial charge in [0.1, 0.15) is 5.76 Å².